The number of hydrogen-bond acceptors (Lipinski definition) is 4. The zero-order valence-corrected chi connectivity index (χ0v) is 13.9. The summed E-state index contributed by atoms with van der Waals surface area (Å²) in [7, 11) is 1.61. The van der Waals surface area contributed by atoms with Gasteiger partial charge in [-0.25, -0.2) is 0 Å². The molecule has 0 bridgehead atoms. The van der Waals surface area contributed by atoms with Crippen LogP contribution in [0.25, 0.3) is 0 Å². The first-order chi connectivity index (χ1) is 11.1. The summed E-state index contributed by atoms with van der Waals surface area (Å²) in [6.45, 7) is 5.68. The summed E-state index contributed by atoms with van der Waals surface area (Å²) in [5, 5.41) is 7.34. The first-order valence-electron chi connectivity index (χ1n) is 7.98. The predicted octanol–water partition coefficient (Wildman–Crippen LogP) is 2.79. The zero-order chi connectivity index (χ0) is 16.4. The molecule has 2 aromatic rings. The molecule has 0 unspecified atom stereocenters. The summed E-state index contributed by atoms with van der Waals surface area (Å²) >= 11 is 0. The van der Waals surface area contributed by atoms with E-state index in [4.69, 9.17) is 9.15 Å². The van der Waals surface area contributed by atoms with E-state index in [1.165, 1.54) is 0 Å². The number of aryl methyl sites for hydroxylation is 2. The number of methoxy groups -OCH3 is 1. The molecule has 6 nitrogen and oxygen atoms in total. The van der Waals surface area contributed by atoms with E-state index >= 15 is 0 Å². The quantitative estimate of drug-likeness (QED) is 0.941. The van der Waals surface area contributed by atoms with Crippen molar-refractivity contribution in [2.24, 2.45) is 0 Å². The molecule has 1 fully saturated rings. The van der Waals surface area contributed by atoms with Gasteiger partial charge in [-0.1, -0.05) is 0 Å². The van der Waals surface area contributed by atoms with Gasteiger partial charge in [0.15, 0.2) is 0 Å². The maximum Gasteiger partial charge on any atom is 0.257 e. The van der Waals surface area contributed by atoms with Gasteiger partial charge in [0.1, 0.15) is 18.1 Å². The molecule has 0 aromatic carbocycles. The Kier molecular flexibility index (Phi) is 4.52. The minimum atomic E-state index is 0.0329. The number of hydrogen-bond donors (Lipinski definition) is 1. The molecular formula is C17H23N3O3. The molecule has 0 saturated carbocycles. The number of piperidine rings is 1. The highest BCUT2D eigenvalue weighted by Gasteiger charge is 2.28. The molecule has 1 atom stereocenters. The minimum Gasteiger partial charge on any atom is -0.463 e. The van der Waals surface area contributed by atoms with E-state index in [0.717, 1.165) is 30.8 Å². The van der Waals surface area contributed by atoms with E-state index in [2.05, 4.69) is 16.3 Å². The van der Waals surface area contributed by atoms with Gasteiger partial charge in [0.2, 0.25) is 0 Å². The second-order valence-corrected chi connectivity index (χ2v) is 6.18. The Bertz CT molecular complexity index is 689. The van der Waals surface area contributed by atoms with Crippen molar-refractivity contribution in [2.45, 2.75) is 39.2 Å². The van der Waals surface area contributed by atoms with Crippen molar-refractivity contribution in [3.05, 3.63) is 40.6 Å². The summed E-state index contributed by atoms with van der Waals surface area (Å²) in [6.07, 6.45) is 2.05. The molecular weight excluding hydrogens is 294 g/mol. The Morgan fingerprint density at radius 3 is 3.00 bits per heavy atom. The van der Waals surface area contributed by atoms with Crippen LogP contribution in [0.5, 0.6) is 0 Å². The molecule has 124 valence electrons. The zero-order valence-electron chi connectivity index (χ0n) is 13.9. The van der Waals surface area contributed by atoms with Gasteiger partial charge in [0, 0.05) is 31.8 Å². The van der Waals surface area contributed by atoms with Crippen molar-refractivity contribution >= 4 is 5.91 Å². The van der Waals surface area contributed by atoms with Crippen LogP contribution < -0.4 is 0 Å². The normalized spacial score (nSPS) is 18.4. The molecule has 3 rings (SSSR count). The Balaban J connectivity index is 1.74. The SMILES string of the molecule is COCc1cc(C(=O)N2CCC[C@@H](c3cc(C)[nH]n3)C2)c(C)o1. The first-order valence-corrected chi connectivity index (χ1v) is 7.98. The number of carbonyl (C=O) groups is 1. The Morgan fingerprint density at radius 1 is 1.48 bits per heavy atom. The van der Waals surface area contributed by atoms with E-state index in [1.54, 1.807) is 13.2 Å². The second-order valence-electron chi connectivity index (χ2n) is 6.18. The number of aromatic amines is 1. The van der Waals surface area contributed by atoms with Crippen molar-refractivity contribution < 1.29 is 13.9 Å². The van der Waals surface area contributed by atoms with Crippen LogP contribution in [0, 0.1) is 13.8 Å². The maximum atomic E-state index is 12.8. The highest BCUT2D eigenvalue weighted by molar-refractivity contribution is 5.95. The lowest BCUT2D eigenvalue weighted by Crippen LogP contribution is -2.39. The van der Waals surface area contributed by atoms with Crippen molar-refractivity contribution in [3.8, 4) is 0 Å². The second kappa shape index (κ2) is 6.58. The number of H-pyrrole nitrogens is 1. The molecule has 1 aliphatic rings. The number of amides is 1. The molecule has 1 saturated heterocycles. The third kappa shape index (κ3) is 3.32. The van der Waals surface area contributed by atoms with Gasteiger partial charge >= 0.3 is 0 Å². The van der Waals surface area contributed by atoms with Gasteiger partial charge < -0.3 is 14.1 Å². The third-order valence-electron chi connectivity index (χ3n) is 4.34. The summed E-state index contributed by atoms with van der Waals surface area (Å²) in [6, 6.07) is 3.86. The Hall–Kier alpha value is -2.08. The van der Waals surface area contributed by atoms with E-state index in [0.29, 0.717) is 36.2 Å². The molecule has 23 heavy (non-hydrogen) atoms. The van der Waals surface area contributed by atoms with Crippen molar-refractivity contribution in [1.29, 1.82) is 0 Å². The average molecular weight is 317 g/mol. The molecule has 2 aromatic heterocycles. The van der Waals surface area contributed by atoms with Crippen LogP contribution in [0.4, 0.5) is 0 Å². The van der Waals surface area contributed by atoms with Crippen LogP contribution in [0.15, 0.2) is 16.5 Å². The number of rotatable bonds is 4. The lowest BCUT2D eigenvalue weighted by Gasteiger charge is -2.31. The summed E-state index contributed by atoms with van der Waals surface area (Å²) in [4.78, 5) is 14.7. The highest BCUT2D eigenvalue weighted by atomic mass is 16.5. The van der Waals surface area contributed by atoms with Gasteiger partial charge in [-0.2, -0.15) is 5.10 Å². The summed E-state index contributed by atoms with van der Waals surface area (Å²) in [5.41, 5.74) is 2.73. The van der Waals surface area contributed by atoms with Crippen LogP contribution in [0.2, 0.25) is 0 Å². The van der Waals surface area contributed by atoms with Crippen LogP contribution in [0.3, 0.4) is 0 Å². The first kappa shape index (κ1) is 15.8. The molecule has 3 heterocycles. The number of aromatic nitrogens is 2. The van der Waals surface area contributed by atoms with Crippen LogP contribution in [-0.2, 0) is 11.3 Å². The minimum absolute atomic E-state index is 0.0329. The Labute approximate surface area is 135 Å². The molecule has 0 radical (unpaired) electrons. The monoisotopic (exact) mass is 317 g/mol. The lowest BCUT2D eigenvalue weighted by atomic mass is 9.94. The van der Waals surface area contributed by atoms with Crippen LogP contribution >= 0.6 is 0 Å². The number of furan rings is 1. The average Bonchev–Trinajstić information content (AvgIpc) is 3.13. The fourth-order valence-electron chi connectivity index (χ4n) is 3.19. The molecule has 1 aliphatic heterocycles. The topological polar surface area (TPSA) is 71.4 Å². The van der Waals surface area contributed by atoms with Crippen molar-refractivity contribution in [1.82, 2.24) is 15.1 Å². The lowest BCUT2D eigenvalue weighted by molar-refractivity contribution is 0.0704. The Morgan fingerprint density at radius 2 is 2.30 bits per heavy atom. The van der Waals surface area contributed by atoms with Gasteiger partial charge in [0.05, 0.1) is 11.3 Å². The molecule has 1 amide bonds. The number of ether oxygens (including phenoxy) is 1. The van der Waals surface area contributed by atoms with Gasteiger partial charge in [-0.3, -0.25) is 9.89 Å². The molecule has 0 aliphatic carbocycles. The summed E-state index contributed by atoms with van der Waals surface area (Å²) < 4.78 is 10.7. The number of likely N-dealkylation sites (tertiary alicyclic amines) is 1. The molecule has 1 N–H and O–H groups in total. The molecule has 6 heteroatoms. The number of carbonyl (C=O) groups excluding carboxylic acids is 1. The molecule has 0 spiro atoms. The number of nitrogens with zero attached hydrogens (tertiary/aromatic N) is 2. The fourth-order valence-corrected chi connectivity index (χ4v) is 3.19. The number of nitrogens with one attached hydrogen (secondary N) is 1. The van der Waals surface area contributed by atoms with E-state index in [-0.39, 0.29) is 5.91 Å². The highest BCUT2D eigenvalue weighted by Crippen LogP contribution is 2.28. The van der Waals surface area contributed by atoms with E-state index in [1.807, 2.05) is 18.7 Å². The van der Waals surface area contributed by atoms with Crippen LogP contribution in [0.1, 0.15) is 52.0 Å². The standard InChI is InChI=1S/C17H23N3O3/c1-11-7-16(19-18-11)13-5-4-6-20(9-13)17(21)15-8-14(10-22-3)23-12(15)2/h7-8,13H,4-6,9-10H2,1-3H3,(H,18,19)/t13-/m1/s1. The predicted molar refractivity (Wildman–Crippen MR) is 85.4 cm³/mol. The van der Waals surface area contributed by atoms with Gasteiger partial charge in [0.25, 0.3) is 5.91 Å². The van der Waals surface area contributed by atoms with Crippen molar-refractivity contribution in [3.63, 3.8) is 0 Å². The van der Waals surface area contributed by atoms with Crippen LogP contribution in [-0.4, -0.2) is 41.2 Å². The smallest absolute Gasteiger partial charge is 0.257 e. The maximum absolute atomic E-state index is 12.8. The summed E-state index contributed by atoms with van der Waals surface area (Å²) in [5.74, 6) is 1.67. The fraction of sp³-hybridized carbons (Fsp3) is 0.529. The largest absolute Gasteiger partial charge is 0.463 e. The van der Waals surface area contributed by atoms with Gasteiger partial charge in [-0.15, -0.1) is 0 Å². The van der Waals surface area contributed by atoms with E-state index < -0.39 is 0 Å². The van der Waals surface area contributed by atoms with E-state index in [9.17, 15) is 4.79 Å². The van der Waals surface area contributed by atoms with Gasteiger partial charge in [-0.05, 0) is 38.8 Å². The third-order valence-corrected chi connectivity index (χ3v) is 4.34. The van der Waals surface area contributed by atoms with Crippen molar-refractivity contribution in [2.75, 3.05) is 20.2 Å².